The Morgan fingerprint density at radius 3 is 2.92 bits per heavy atom. The third kappa shape index (κ3) is 8.40. The highest BCUT2D eigenvalue weighted by Gasteiger charge is 2.23. The van der Waals surface area contributed by atoms with E-state index in [9.17, 15) is 4.79 Å². The molecule has 2 aliphatic carbocycles. The number of nitrogens with one attached hydrogen (secondary N) is 3. The lowest BCUT2D eigenvalue weighted by molar-refractivity contribution is -0.113. The number of methoxy groups -OCH3 is 1. The van der Waals surface area contributed by atoms with E-state index < -0.39 is 12.1 Å². The molecule has 0 aromatic carbocycles. The predicted octanol–water partition coefficient (Wildman–Crippen LogP) is 3.60. The van der Waals surface area contributed by atoms with E-state index >= 15 is 0 Å². The molecule has 1 aromatic rings. The van der Waals surface area contributed by atoms with Gasteiger partial charge in [-0.05, 0) is 24.6 Å². The molecule has 0 radical (unpaired) electrons. The van der Waals surface area contributed by atoms with Crippen molar-refractivity contribution in [2.45, 2.75) is 44.8 Å². The van der Waals surface area contributed by atoms with E-state index in [0.717, 1.165) is 18.0 Å². The fourth-order valence-electron chi connectivity index (χ4n) is 4.29. The van der Waals surface area contributed by atoms with Crippen LogP contribution in [0.15, 0.2) is 65.4 Å². The fourth-order valence-corrected chi connectivity index (χ4v) is 4.29. The number of aliphatic imine (C=N–C) groups is 2. The summed E-state index contributed by atoms with van der Waals surface area (Å²) in [6.07, 6.45) is 17.9. The number of hydrogen-bond donors (Lipinski definition) is 4. The summed E-state index contributed by atoms with van der Waals surface area (Å²) in [4.78, 5) is 29.4. The van der Waals surface area contributed by atoms with Gasteiger partial charge in [-0.15, -0.1) is 0 Å². The lowest BCUT2D eigenvalue weighted by Crippen LogP contribution is -2.29. The van der Waals surface area contributed by atoms with Gasteiger partial charge in [0.25, 0.3) is 5.91 Å². The van der Waals surface area contributed by atoms with Crippen LogP contribution in [0.1, 0.15) is 43.5 Å². The average Bonchev–Trinajstić information content (AvgIpc) is 3.50. The minimum Gasteiger partial charge on any atom is -0.377 e. The van der Waals surface area contributed by atoms with Crippen LogP contribution in [-0.2, 0) is 20.7 Å². The quantitative estimate of drug-likeness (QED) is 0.139. The van der Waals surface area contributed by atoms with Gasteiger partial charge in [-0.1, -0.05) is 63.1 Å². The van der Waals surface area contributed by atoms with Crippen LogP contribution in [0.4, 0.5) is 5.95 Å². The van der Waals surface area contributed by atoms with Crippen LogP contribution in [0.2, 0.25) is 0 Å². The normalized spacial score (nSPS) is 17.3. The summed E-state index contributed by atoms with van der Waals surface area (Å²) < 4.78 is 11.3. The minimum atomic E-state index is -0.713. The monoisotopic (exact) mass is 507 g/mol. The van der Waals surface area contributed by atoms with Crippen molar-refractivity contribution in [3.63, 3.8) is 0 Å². The zero-order chi connectivity index (χ0) is 26.5. The van der Waals surface area contributed by atoms with Gasteiger partial charge in [0.2, 0.25) is 5.95 Å². The number of rotatable bonds is 13. The van der Waals surface area contributed by atoms with Crippen LogP contribution < -0.4 is 16.4 Å². The van der Waals surface area contributed by atoms with Gasteiger partial charge >= 0.3 is 0 Å². The molecule has 0 saturated heterocycles. The number of nitrogens with two attached hydrogens (primary N) is 1. The van der Waals surface area contributed by atoms with Gasteiger partial charge in [0, 0.05) is 37.6 Å². The topological polar surface area (TPSA) is 139 Å². The maximum Gasteiger partial charge on any atom is 0.276 e. The van der Waals surface area contributed by atoms with E-state index in [2.05, 4.69) is 43.7 Å². The molecular weight excluding hydrogens is 470 g/mol. The van der Waals surface area contributed by atoms with Crippen LogP contribution >= 0.6 is 0 Å². The SMILES string of the molecule is C=CC=N/C(=C\COCCC1CCCC1)C(=O)Nc1nc2c([nH]1)CC=CC=C2C(/N=C(/N)NC=C)OC. The standard InChI is InChI=1S/C27H37N7O3/c1-4-16-30-22(15-18-37-17-14-19-10-6-7-11-19)24(35)33-27-31-21-13-9-8-12-20(23(21)32-27)25(36-3)34-26(28)29-5-2/h4-5,8-9,12,15-16,19,25H,1-2,6-7,10-11,13-14,17-18H2,3H3,(H3,28,29,34)(H2,31,32,33,35)/b22-15-,30-16?. The highest BCUT2D eigenvalue weighted by molar-refractivity contribution is 6.03. The number of imidazole rings is 1. The first kappa shape index (κ1) is 27.8. The molecule has 10 heteroatoms. The lowest BCUT2D eigenvalue weighted by atomic mass is 10.1. The third-order valence-electron chi connectivity index (χ3n) is 6.10. The Labute approximate surface area is 218 Å². The number of carbonyl (C=O) groups is 1. The van der Waals surface area contributed by atoms with E-state index in [1.165, 1.54) is 51.3 Å². The molecule has 0 spiro atoms. The molecule has 1 heterocycles. The number of anilines is 1. The Morgan fingerprint density at radius 1 is 1.38 bits per heavy atom. The van der Waals surface area contributed by atoms with E-state index in [1.54, 1.807) is 6.08 Å². The summed E-state index contributed by atoms with van der Waals surface area (Å²) in [5.41, 5.74) is 8.21. The van der Waals surface area contributed by atoms with Gasteiger partial charge in [0.05, 0.1) is 12.3 Å². The smallest absolute Gasteiger partial charge is 0.276 e. The van der Waals surface area contributed by atoms with Crippen molar-refractivity contribution in [2.75, 3.05) is 25.6 Å². The number of carbonyl (C=O) groups excluding carboxylic acids is 1. The Bertz CT molecular complexity index is 1090. The molecule has 1 fully saturated rings. The van der Waals surface area contributed by atoms with Crippen molar-refractivity contribution in [3.05, 3.63) is 66.8 Å². The molecule has 1 aromatic heterocycles. The van der Waals surface area contributed by atoms with Crippen LogP contribution in [-0.4, -0.2) is 54.6 Å². The minimum absolute atomic E-state index is 0.155. The molecule has 10 nitrogen and oxygen atoms in total. The Hall–Kier alpha value is -3.76. The van der Waals surface area contributed by atoms with Crippen LogP contribution in [0, 0.1) is 5.92 Å². The van der Waals surface area contributed by atoms with Gasteiger partial charge in [-0.3, -0.25) is 15.1 Å². The Morgan fingerprint density at radius 2 is 2.19 bits per heavy atom. The molecule has 1 atom stereocenters. The molecule has 1 amide bonds. The number of guanidine groups is 1. The first-order chi connectivity index (χ1) is 18.0. The van der Waals surface area contributed by atoms with E-state index in [-0.39, 0.29) is 17.6 Å². The van der Waals surface area contributed by atoms with Crippen molar-refractivity contribution in [2.24, 2.45) is 21.6 Å². The van der Waals surface area contributed by atoms with Crippen LogP contribution in [0.5, 0.6) is 0 Å². The van der Waals surface area contributed by atoms with Crippen LogP contribution in [0.3, 0.4) is 0 Å². The van der Waals surface area contributed by atoms with Gasteiger partial charge in [0.1, 0.15) is 5.70 Å². The van der Waals surface area contributed by atoms with Crippen LogP contribution in [0.25, 0.3) is 5.57 Å². The first-order valence-corrected chi connectivity index (χ1v) is 12.5. The second-order valence-corrected chi connectivity index (χ2v) is 8.69. The summed E-state index contributed by atoms with van der Waals surface area (Å²) in [5.74, 6) is 0.783. The summed E-state index contributed by atoms with van der Waals surface area (Å²) in [5, 5.41) is 5.53. The lowest BCUT2D eigenvalue weighted by Gasteiger charge is -2.14. The van der Waals surface area contributed by atoms with E-state index in [4.69, 9.17) is 15.2 Å². The number of hydrogen-bond acceptors (Lipinski definition) is 6. The number of H-pyrrole nitrogens is 1. The van der Waals surface area contributed by atoms with Crippen molar-refractivity contribution >= 4 is 29.6 Å². The Kier molecular flexibility index (Phi) is 11.1. The third-order valence-corrected chi connectivity index (χ3v) is 6.10. The molecule has 2 aliphatic rings. The second-order valence-electron chi connectivity index (χ2n) is 8.69. The number of fused-ring (bicyclic) bond motifs is 1. The Balaban J connectivity index is 1.70. The maximum atomic E-state index is 13.0. The maximum absolute atomic E-state index is 13.0. The van der Waals surface area contributed by atoms with Crippen molar-refractivity contribution in [1.82, 2.24) is 15.3 Å². The number of amides is 1. The van der Waals surface area contributed by atoms with E-state index in [1.807, 2.05) is 18.2 Å². The molecule has 1 saturated carbocycles. The summed E-state index contributed by atoms with van der Waals surface area (Å²) in [6.45, 7) is 8.18. The number of allylic oxidation sites excluding steroid dienone is 4. The van der Waals surface area contributed by atoms with Crippen molar-refractivity contribution < 1.29 is 14.3 Å². The molecule has 198 valence electrons. The average molecular weight is 508 g/mol. The molecule has 0 bridgehead atoms. The van der Waals surface area contributed by atoms with Gasteiger partial charge in [-0.25, -0.2) is 9.98 Å². The van der Waals surface area contributed by atoms with Gasteiger partial charge < -0.3 is 25.5 Å². The molecule has 0 aliphatic heterocycles. The fraction of sp³-hybridized carbons (Fsp3) is 0.407. The van der Waals surface area contributed by atoms with E-state index in [0.29, 0.717) is 30.9 Å². The zero-order valence-electron chi connectivity index (χ0n) is 21.4. The number of ether oxygens (including phenoxy) is 2. The molecule has 5 N–H and O–H groups in total. The molecule has 37 heavy (non-hydrogen) atoms. The van der Waals surface area contributed by atoms with Crippen molar-refractivity contribution in [1.29, 1.82) is 0 Å². The first-order valence-electron chi connectivity index (χ1n) is 12.5. The highest BCUT2D eigenvalue weighted by Crippen LogP contribution is 2.28. The number of aromatic nitrogens is 2. The largest absolute Gasteiger partial charge is 0.377 e. The van der Waals surface area contributed by atoms with Crippen molar-refractivity contribution in [3.8, 4) is 0 Å². The molecular formula is C27H37N7O3. The molecule has 1 unspecified atom stereocenters. The predicted molar refractivity (Wildman–Crippen MR) is 148 cm³/mol. The van der Waals surface area contributed by atoms with Gasteiger partial charge in [0.15, 0.2) is 12.2 Å². The highest BCUT2D eigenvalue weighted by atomic mass is 16.5. The van der Waals surface area contributed by atoms with Gasteiger partial charge in [-0.2, -0.15) is 0 Å². The summed E-state index contributed by atoms with van der Waals surface area (Å²) >= 11 is 0. The zero-order valence-corrected chi connectivity index (χ0v) is 21.4. The second kappa shape index (κ2) is 14.7. The number of nitrogens with zero attached hydrogens (tertiary/aromatic N) is 3. The number of aromatic amines is 1. The summed E-state index contributed by atoms with van der Waals surface area (Å²) in [7, 11) is 1.53. The summed E-state index contributed by atoms with van der Waals surface area (Å²) in [6, 6.07) is 0. The molecule has 3 rings (SSSR count).